The SMILES string of the molecule is C#CC(CC)N1CC(CC(C)C)NCC1C. The number of rotatable bonds is 4. The van der Waals surface area contributed by atoms with Crippen molar-refractivity contribution < 1.29 is 0 Å². The minimum absolute atomic E-state index is 0.312. The normalized spacial score (nSPS) is 29.0. The van der Waals surface area contributed by atoms with Crippen LogP contribution in [0.3, 0.4) is 0 Å². The van der Waals surface area contributed by atoms with Gasteiger partial charge in [0.15, 0.2) is 0 Å². The molecule has 92 valence electrons. The van der Waals surface area contributed by atoms with Gasteiger partial charge >= 0.3 is 0 Å². The van der Waals surface area contributed by atoms with Crippen molar-refractivity contribution in [1.82, 2.24) is 10.2 Å². The van der Waals surface area contributed by atoms with Crippen LogP contribution in [0.15, 0.2) is 0 Å². The molecule has 16 heavy (non-hydrogen) atoms. The van der Waals surface area contributed by atoms with E-state index in [9.17, 15) is 0 Å². The summed E-state index contributed by atoms with van der Waals surface area (Å²) in [7, 11) is 0. The lowest BCUT2D eigenvalue weighted by atomic mass is 9.98. The highest BCUT2D eigenvalue weighted by atomic mass is 15.2. The van der Waals surface area contributed by atoms with E-state index < -0.39 is 0 Å². The standard InChI is InChI=1S/C14H26N2/c1-6-14(7-2)16-10-13(8-11(3)4)15-9-12(16)5/h1,11-15H,7-10H2,2-5H3. The van der Waals surface area contributed by atoms with E-state index >= 15 is 0 Å². The monoisotopic (exact) mass is 222 g/mol. The molecule has 0 radical (unpaired) electrons. The zero-order chi connectivity index (χ0) is 12.1. The van der Waals surface area contributed by atoms with Crippen LogP contribution in [0.5, 0.6) is 0 Å². The number of hydrogen-bond donors (Lipinski definition) is 1. The minimum Gasteiger partial charge on any atom is -0.311 e. The second kappa shape index (κ2) is 6.27. The van der Waals surface area contributed by atoms with E-state index in [2.05, 4.69) is 43.8 Å². The zero-order valence-corrected chi connectivity index (χ0v) is 11.2. The Labute approximate surface area is 101 Å². The average molecular weight is 222 g/mol. The third-order valence-corrected chi connectivity index (χ3v) is 3.43. The van der Waals surface area contributed by atoms with Gasteiger partial charge < -0.3 is 5.32 Å². The molecule has 1 heterocycles. The molecule has 0 aliphatic carbocycles. The van der Waals surface area contributed by atoms with Crippen LogP contribution in [0.2, 0.25) is 0 Å². The summed E-state index contributed by atoms with van der Waals surface area (Å²) in [6.07, 6.45) is 7.90. The Balaban J connectivity index is 2.58. The fourth-order valence-corrected chi connectivity index (χ4v) is 2.56. The van der Waals surface area contributed by atoms with Gasteiger partial charge in [0, 0.05) is 25.2 Å². The van der Waals surface area contributed by atoms with Crippen LogP contribution < -0.4 is 5.32 Å². The van der Waals surface area contributed by atoms with E-state index in [1.807, 2.05) is 0 Å². The summed E-state index contributed by atoms with van der Waals surface area (Å²) in [6, 6.07) is 1.48. The van der Waals surface area contributed by atoms with Crippen molar-refractivity contribution in [1.29, 1.82) is 0 Å². The smallest absolute Gasteiger partial charge is 0.0712 e. The predicted molar refractivity (Wildman–Crippen MR) is 70.3 cm³/mol. The third-order valence-electron chi connectivity index (χ3n) is 3.43. The fourth-order valence-electron chi connectivity index (χ4n) is 2.56. The third kappa shape index (κ3) is 3.50. The molecule has 2 heteroatoms. The van der Waals surface area contributed by atoms with Gasteiger partial charge in [-0.15, -0.1) is 6.42 Å². The second-order valence-corrected chi connectivity index (χ2v) is 5.37. The van der Waals surface area contributed by atoms with E-state index in [0.29, 0.717) is 18.1 Å². The van der Waals surface area contributed by atoms with Gasteiger partial charge in [0.1, 0.15) is 0 Å². The molecule has 0 saturated carbocycles. The van der Waals surface area contributed by atoms with E-state index in [1.54, 1.807) is 0 Å². The van der Waals surface area contributed by atoms with E-state index in [0.717, 1.165) is 25.4 Å². The molecule has 1 aliphatic heterocycles. The molecule has 1 rings (SSSR count). The minimum atomic E-state index is 0.312. The molecular weight excluding hydrogens is 196 g/mol. The molecule has 1 aliphatic rings. The molecule has 0 amide bonds. The molecule has 3 unspecified atom stereocenters. The maximum Gasteiger partial charge on any atom is 0.0712 e. The molecule has 0 aromatic carbocycles. The van der Waals surface area contributed by atoms with Crippen molar-refractivity contribution >= 4 is 0 Å². The number of piperazine rings is 1. The average Bonchev–Trinajstić information content (AvgIpc) is 2.23. The topological polar surface area (TPSA) is 15.3 Å². The second-order valence-electron chi connectivity index (χ2n) is 5.37. The van der Waals surface area contributed by atoms with Crippen molar-refractivity contribution in [2.24, 2.45) is 5.92 Å². The Morgan fingerprint density at radius 1 is 1.50 bits per heavy atom. The molecule has 0 aromatic rings. The first-order valence-electron chi connectivity index (χ1n) is 6.53. The van der Waals surface area contributed by atoms with Crippen molar-refractivity contribution in [2.75, 3.05) is 13.1 Å². The molecule has 1 saturated heterocycles. The lowest BCUT2D eigenvalue weighted by molar-refractivity contribution is 0.106. The quantitative estimate of drug-likeness (QED) is 0.733. The van der Waals surface area contributed by atoms with Gasteiger partial charge in [-0.05, 0) is 25.7 Å². The Kier molecular flexibility index (Phi) is 5.31. The van der Waals surface area contributed by atoms with Crippen LogP contribution in [0.1, 0.15) is 40.5 Å². The van der Waals surface area contributed by atoms with Crippen molar-refractivity contribution in [3.63, 3.8) is 0 Å². The Bertz CT molecular complexity index is 242. The van der Waals surface area contributed by atoms with Gasteiger partial charge in [-0.2, -0.15) is 0 Å². The summed E-state index contributed by atoms with van der Waals surface area (Å²) in [5.41, 5.74) is 0. The summed E-state index contributed by atoms with van der Waals surface area (Å²) in [5.74, 6) is 3.67. The number of nitrogens with zero attached hydrogens (tertiary/aromatic N) is 1. The van der Waals surface area contributed by atoms with Gasteiger partial charge in [0.25, 0.3) is 0 Å². The summed E-state index contributed by atoms with van der Waals surface area (Å²) in [6.45, 7) is 11.2. The fraction of sp³-hybridized carbons (Fsp3) is 0.857. The molecule has 0 bridgehead atoms. The first kappa shape index (κ1) is 13.5. The van der Waals surface area contributed by atoms with Gasteiger partial charge in [0.2, 0.25) is 0 Å². The Hall–Kier alpha value is -0.520. The van der Waals surface area contributed by atoms with Gasteiger partial charge in [-0.3, -0.25) is 4.90 Å². The summed E-state index contributed by atoms with van der Waals surface area (Å²) in [5, 5.41) is 3.62. The first-order chi connectivity index (χ1) is 7.58. The maximum absolute atomic E-state index is 5.61. The van der Waals surface area contributed by atoms with E-state index in [4.69, 9.17) is 6.42 Å². The maximum atomic E-state index is 5.61. The van der Waals surface area contributed by atoms with E-state index in [-0.39, 0.29) is 0 Å². The van der Waals surface area contributed by atoms with Gasteiger partial charge in [-0.25, -0.2) is 0 Å². The highest BCUT2D eigenvalue weighted by Crippen LogP contribution is 2.16. The Morgan fingerprint density at radius 2 is 2.19 bits per heavy atom. The lowest BCUT2D eigenvalue weighted by Gasteiger charge is -2.42. The Morgan fingerprint density at radius 3 is 2.69 bits per heavy atom. The number of terminal acetylenes is 1. The zero-order valence-electron chi connectivity index (χ0n) is 11.2. The van der Waals surface area contributed by atoms with Crippen LogP contribution in [-0.4, -0.2) is 36.1 Å². The molecule has 0 aromatic heterocycles. The van der Waals surface area contributed by atoms with Crippen molar-refractivity contribution in [3.8, 4) is 12.3 Å². The van der Waals surface area contributed by atoms with Crippen LogP contribution in [0, 0.1) is 18.3 Å². The molecule has 1 N–H and O–H groups in total. The molecule has 1 fully saturated rings. The number of nitrogens with one attached hydrogen (secondary N) is 1. The summed E-state index contributed by atoms with van der Waals surface area (Å²) >= 11 is 0. The van der Waals surface area contributed by atoms with Crippen LogP contribution in [-0.2, 0) is 0 Å². The highest BCUT2D eigenvalue weighted by Gasteiger charge is 2.28. The van der Waals surface area contributed by atoms with Crippen LogP contribution in [0.25, 0.3) is 0 Å². The molecule has 0 spiro atoms. The number of hydrogen-bond acceptors (Lipinski definition) is 2. The van der Waals surface area contributed by atoms with Crippen LogP contribution >= 0.6 is 0 Å². The van der Waals surface area contributed by atoms with Crippen molar-refractivity contribution in [3.05, 3.63) is 0 Å². The first-order valence-corrected chi connectivity index (χ1v) is 6.53. The molecule has 3 atom stereocenters. The highest BCUT2D eigenvalue weighted by molar-refractivity contribution is 5.02. The largest absolute Gasteiger partial charge is 0.311 e. The lowest BCUT2D eigenvalue weighted by Crippen LogP contribution is -2.58. The van der Waals surface area contributed by atoms with Crippen molar-refractivity contribution in [2.45, 2.75) is 58.7 Å². The van der Waals surface area contributed by atoms with Gasteiger partial charge in [0.05, 0.1) is 6.04 Å². The van der Waals surface area contributed by atoms with Crippen LogP contribution in [0.4, 0.5) is 0 Å². The van der Waals surface area contributed by atoms with Gasteiger partial charge in [-0.1, -0.05) is 26.7 Å². The van der Waals surface area contributed by atoms with E-state index in [1.165, 1.54) is 6.42 Å². The predicted octanol–water partition coefficient (Wildman–Crippen LogP) is 2.11. The summed E-state index contributed by atoms with van der Waals surface area (Å²) in [4.78, 5) is 2.49. The molecule has 2 nitrogen and oxygen atoms in total. The summed E-state index contributed by atoms with van der Waals surface area (Å²) < 4.78 is 0. The molecular formula is C14H26N2.